The number of nitrogens with zero attached hydrogens (tertiary/aromatic N) is 1. The summed E-state index contributed by atoms with van der Waals surface area (Å²) >= 11 is 6.09. The van der Waals surface area contributed by atoms with E-state index in [1.54, 1.807) is 18.1 Å². The zero-order chi connectivity index (χ0) is 17.3. The molecule has 1 fully saturated rings. The summed E-state index contributed by atoms with van der Waals surface area (Å²) in [5, 5.41) is 0.645. The highest BCUT2D eigenvalue weighted by Gasteiger charge is 2.52. The second-order valence-electron chi connectivity index (χ2n) is 6.57. The van der Waals surface area contributed by atoms with Gasteiger partial charge in [0.15, 0.2) is 0 Å². The van der Waals surface area contributed by atoms with Crippen molar-refractivity contribution in [3.8, 4) is 5.75 Å². The lowest BCUT2D eigenvalue weighted by molar-refractivity contribution is -0.133. The minimum atomic E-state index is -0.355. The van der Waals surface area contributed by atoms with Gasteiger partial charge in [0.1, 0.15) is 5.75 Å². The number of aryl methyl sites for hydroxylation is 1. The smallest absolute Gasteiger partial charge is 0.233 e. The molecule has 2 aromatic rings. The average molecular weight is 344 g/mol. The third-order valence-electron chi connectivity index (χ3n) is 4.73. The Morgan fingerprint density at radius 1 is 1.25 bits per heavy atom. The zero-order valence-electron chi connectivity index (χ0n) is 14.3. The third-order valence-corrected chi connectivity index (χ3v) is 4.96. The summed E-state index contributed by atoms with van der Waals surface area (Å²) < 4.78 is 5.39. The van der Waals surface area contributed by atoms with Crippen LogP contribution in [0.15, 0.2) is 42.5 Å². The van der Waals surface area contributed by atoms with Gasteiger partial charge < -0.3 is 9.64 Å². The molecule has 0 radical (unpaired) electrons. The normalized spacial score (nSPS) is 15.0. The summed E-state index contributed by atoms with van der Waals surface area (Å²) in [7, 11) is 3.47. The molecule has 0 unspecified atom stereocenters. The molecule has 126 valence electrons. The summed E-state index contributed by atoms with van der Waals surface area (Å²) in [4.78, 5) is 14.9. The van der Waals surface area contributed by atoms with Crippen molar-refractivity contribution >= 4 is 17.5 Å². The molecule has 0 aliphatic heterocycles. The lowest BCUT2D eigenvalue weighted by Gasteiger charge is -2.25. The van der Waals surface area contributed by atoms with E-state index in [1.807, 2.05) is 25.2 Å². The second kappa shape index (κ2) is 6.48. The molecule has 0 N–H and O–H groups in total. The number of carbonyl (C=O) groups is 1. The Morgan fingerprint density at radius 2 is 2.00 bits per heavy atom. The quantitative estimate of drug-likeness (QED) is 0.807. The first-order valence-corrected chi connectivity index (χ1v) is 8.49. The van der Waals surface area contributed by atoms with E-state index < -0.39 is 0 Å². The van der Waals surface area contributed by atoms with Crippen LogP contribution in [-0.4, -0.2) is 25.0 Å². The molecule has 0 bridgehead atoms. The molecule has 0 spiro atoms. The van der Waals surface area contributed by atoms with E-state index in [9.17, 15) is 4.79 Å². The maximum absolute atomic E-state index is 13.1. The maximum Gasteiger partial charge on any atom is 0.233 e. The van der Waals surface area contributed by atoms with E-state index in [2.05, 4.69) is 25.1 Å². The van der Waals surface area contributed by atoms with E-state index in [0.29, 0.717) is 11.6 Å². The molecule has 1 amide bonds. The molecule has 1 aliphatic carbocycles. The molecule has 1 saturated carbocycles. The van der Waals surface area contributed by atoms with Crippen LogP contribution in [0, 0.1) is 6.92 Å². The number of ether oxygens (including phenoxy) is 1. The lowest BCUT2D eigenvalue weighted by atomic mass is 9.93. The summed E-state index contributed by atoms with van der Waals surface area (Å²) in [6.07, 6.45) is 1.82. The van der Waals surface area contributed by atoms with Gasteiger partial charge in [-0.15, -0.1) is 0 Å². The van der Waals surface area contributed by atoms with E-state index in [-0.39, 0.29) is 11.3 Å². The summed E-state index contributed by atoms with van der Waals surface area (Å²) in [5.41, 5.74) is 2.87. The Bertz CT molecular complexity index is 768. The fourth-order valence-corrected chi connectivity index (χ4v) is 3.45. The molecule has 4 heteroatoms. The number of hydrogen-bond acceptors (Lipinski definition) is 2. The maximum atomic E-state index is 13.1. The van der Waals surface area contributed by atoms with Crippen LogP contribution in [0.5, 0.6) is 5.75 Å². The van der Waals surface area contributed by atoms with Crippen molar-refractivity contribution in [1.29, 1.82) is 0 Å². The SMILES string of the molecule is COc1ccc(Cl)cc1CN(C)C(=O)C1(c2cccc(C)c2)CC1. The molecule has 3 rings (SSSR count). The minimum Gasteiger partial charge on any atom is -0.496 e. The van der Waals surface area contributed by atoms with Gasteiger partial charge in [0.25, 0.3) is 0 Å². The van der Waals surface area contributed by atoms with E-state index in [4.69, 9.17) is 16.3 Å². The van der Waals surface area contributed by atoms with Gasteiger partial charge in [-0.25, -0.2) is 0 Å². The van der Waals surface area contributed by atoms with Crippen LogP contribution in [0.4, 0.5) is 0 Å². The van der Waals surface area contributed by atoms with Gasteiger partial charge in [-0.05, 0) is 43.5 Å². The molecule has 0 heterocycles. The highest BCUT2D eigenvalue weighted by Crippen LogP contribution is 2.49. The number of halogens is 1. The van der Waals surface area contributed by atoms with E-state index in [1.165, 1.54) is 5.56 Å². The van der Waals surface area contributed by atoms with Crippen molar-refractivity contribution in [2.75, 3.05) is 14.2 Å². The van der Waals surface area contributed by atoms with Crippen LogP contribution < -0.4 is 4.74 Å². The van der Waals surface area contributed by atoms with Gasteiger partial charge in [0, 0.05) is 24.2 Å². The van der Waals surface area contributed by atoms with Crippen molar-refractivity contribution in [3.63, 3.8) is 0 Å². The molecular weight excluding hydrogens is 322 g/mol. The molecular formula is C20H22ClNO2. The second-order valence-corrected chi connectivity index (χ2v) is 7.01. The highest BCUT2D eigenvalue weighted by molar-refractivity contribution is 6.30. The van der Waals surface area contributed by atoms with Gasteiger partial charge in [-0.3, -0.25) is 4.79 Å². The number of rotatable bonds is 5. The molecule has 2 aromatic carbocycles. The molecule has 0 atom stereocenters. The van der Waals surface area contributed by atoms with Crippen LogP contribution in [0.3, 0.4) is 0 Å². The predicted molar refractivity (Wildman–Crippen MR) is 96.6 cm³/mol. The monoisotopic (exact) mass is 343 g/mol. The van der Waals surface area contributed by atoms with Crippen molar-refractivity contribution in [3.05, 3.63) is 64.2 Å². The van der Waals surface area contributed by atoms with Crippen molar-refractivity contribution in [2.45, 2.75) is 31.7 Å². The summed E-state index contributed by atoms with van der Waals surface area (Å²) in [6.45, 7) is 2.54. The number of likely N-dealkylation sites (N-methyl/N-ethyl adjacent to an activating group) is 1. The molecule has 0 aromatic heterocycles. The van der Waals surface area contributed by atoms with E-state index >= 15 is 0 Å². The van der Waals surface area contributed by atoms with Gasteiger partial charge in [0.05, 0.1) is 12.5 Å². The fraction of sp³-hybridized carbons (Fsp3) is 0.350. The van der Waals surface area contributed by atoms with Crippen LogP contribution >= 0.6 is 11.6 Å². The average Bonchev–Trinajstić information content (AvgIpc) is 3.36. The number of benzene rings is 2. The van der Waals surface area contributed by atoms with Gasteiger partial charge in [-0.1, -0.05) is 41.4 Å². The number of methoxy groups -OCH3 is 1. The lowest BCUT2D eigenvalue weighted by Crippen LogP contribution is -2.36. The Kier molecular flexibility index (Phi) is 4.55. The van der Waals surface area contributed by atoms with Crippen molar-refractivity contribution in [1.82, 2.24) is 4.90 Å². The molecule has 1 aliphatic rings. The zero-order valence-corrected chi connectivity index (χ0v) is 15.1. The van der Waals surface area contributed by atoms with Crippen LogP contribution in [0.25, 0.3) is 0 Å². The summed E-state index contributed by atoms with van der Waals surface area (Å²) in [6, 6.07) is 13.8. The molecule has 0 saturated heterocycles. The molecule has 3 nitrogen and oxygen atoms in total. The largest absolute Gasteiger partial charge is 0.496 e. The minimum absolute atomic E-state index is 0.162. The fourth-order valence-electron chi connectivity index (χ4n) is 3.26. The topological polar surface area (TPSA) is 29.5 Å². The summed E-state index contributed by atoms with van der Waals surface area (Å²) in [5.74, 6) is 0.912. The highest BCUT2D eigenvalue weighted by atomic mass is 35.5. The molecule has 24 heavy (non-hydrogen) atoms. The third kappa shape index (κ3) is 3.13. The predicted octanol–water partition coefficient (Wildman–Crippen LogP) is 4.35. The number of hydrogen-bond donors (Lipinski definition) is 0. The van der Waals surface area contributed by atoms with Crippen LogP contribution in [0.1, 0.15) is 29.5 Å². The Balaban J connectivity index is 1.82. The Labute approximate surface area is 148 Å². The first-order valence-electron chi connectivity index (χ1n) is 8.11. The Hall–Kier alpha value is -2.00. The van der Waals surface area contributed by atoms with Crippen LogP contribution in [-0.2, 0) is 16.8 Å². The number of carbonyl (C=O) groups excluding carboxylic acids is 1. The van der Waals surface area contributed by atoms with Gasteiger partial charge >= 0.3 is 0 Å². The first kappa shape index (κ1) is 16.8. The van der Waals surface area contributed by atoms with Crippen LogP contribution in [0.2, 0.25) is 5.02 Å². The standard InChI is InChI=1S/C20H22ClNO2/c1-14-5-4-6-16(11-14)20(9-10-20)19(23)22(2)13-15-12-17(21)7-8-18(15)24-3/h4-8,11-12H,9-10,13H2,1-3H3. The van der Waals surface area contributed by atoms with Gasteiger partial charge in [-0.2, -0.15) is 0 Å². The van der Waals surface area contributed by atoms with Crippen molar-refractivity contribution < 1.29 is 9.53 Å². The van der Waals surface area contributed by atoms with E-state index in [0.717, 1.165) is 29.7 Å². The van der Waals surface area contributed by atoms with Gasteiger partial charge in [0.2, 0.25) is 5.91 Å². The number of amides is 1. The van der Waals surface area contributed by atoms with Crippen molar-refractivity contribution in [2.24, 2.45) is 0 Å². The Morgan fingerprint density at radius 3 is 2.62 bits per heavy atom. The first-order chi connectivity index (χ1) is 11.5.